The van der Waals surface area contributed by atoms with Crippen molar-refractivity contribution in [3.05, 3.63) is 214 Å². The number of carboxylic acid groups (broad SMARTS) is 3. The maximum Gasteiger partial charge on any atom is 1.00 e. The molecular formula is C67H85N3NaO10-. The van der Waals surface area contributed by atoms with Gasteiger partial charge in [0.05, 0.1) is 24.8 Å². The Labute approximate surface area is 505 Å². The Bertz CT molecular complexity index is 2940. The molecule has 0 aliphatic carbocycles. The predicted molar refractivity (Wildman–Crippen MR) is 324 cm³/mol. The number of aliphatic carboxylic acids is 3. The topological polar surface area (TPSA) is 166 Å². The van der Waals surface area contributed by atoms with Crippen molar-refractivity contribution in [1.29, 1.82) is 0 Å². The van der Waals surface area contributed by atoms with E-state index in [1.54, 1.807) is 24.3 Å². The molecule has 3 heterocycles. The first-order valence-electron chi connectivity index (χ1n) is 26.1. The molecule has 0 fully saturated rings. The van der Waals surface area contributed by atoms with E-state index in [4.69, 9.17) is 29.5 Å². The van der Waals surface area contributed by atoms with Crippen molar-refractivity contribution in [2.24, 2.45) is 0 Å². The summed E-state index contributed by atoms with van der Waals surface area (Å²) in [5.41, 5.74) is 12.8. The molecule has 0 radical (unpaired) electrons. The number of rotatable bonds is 15. The second-order valence-corrected chi connectivity index (χ2v) is 19.9. The fourth-order valence-corrected chi connectivity index (χ4v) is 9.00. The number of carbonyl (C=O) groups excluding carboxylic acids is 1. The van der Waals surface area contributed by atoms with Crippen LogP contribution in [-0.2, 0) is 53.5 Å². The molecule has 0 bridgehead atoms. The number of fused-ring (bicyclic) bond motifs is 6. The molecule has 81 heavy (non-hydrogen) atoms. The fraction of sp³-hybridized carbons (Fsp3) is 0.328. The van der Waals surface area contributed by atoms with Crippen LogP contribution in [0, 0.1) is 7.43 Å². The standard InChI is InChI=1S/2C21H23NO3.C16H12O4.C6H15N.2CH4.CH3.Na.H/c2*1-22(2)11-5-8-18-17-7-4-3-6-16(17)14-25-20-10-9-15(12-19(18)20)13-21(23)24;17-15(18)8-10-5-6-14-13(7-10)16(19)12-4-2-1-3-11(12)9-20-14;1-4-5-6-7(2)3;;;;;/h2*3-4,6-10,12H,5,11,13-14H2,1-2H3,(H,23,24);1-7H,8-9H2,(H,17,18);4-6H2,1-3H3;2*1H4;1H3;;/q;;;;;;-1;+1;-1/b2*18-8-;;;;;;;. The number of ether oxygens (including phenoxy) is 3. The molecule has 9 rings (SSSR count). The van der Waals surface area contributed by atoms with Crippen molar-refractivity contribution < 1.29 is 79.7 Å². The number of ketones is 1. The normalized spacial score (nSPS) is 13.1. The van der Waals surface area contributed by atoms with E-state index in [1.165, 1.54) is 19.4 Å². The number of nitrogens with zero attached hydrogens (tertiary/aromatic N) is 3. The molecule has 0 aromatic heterocycles. The Morgan fingerprint density at radius 1 is 0.481 bits per heavy atom. The monoisotopic (exact) mass is 1110 g/mol. The van der Waals surface area contributed by atoms with Gasteiger partial charge in [-0.3, -0.25) is 19.2 Å². The van der Waals surface area contributed by atoms with E-state index in [2.05, 4.69) is 100 Å². The number of unbranched alkanes of at least 4 members (excludes halogenated alkanes) is 1. The zero-order chi connectivity index (χ0) is 55.4. The van der Waals surface area contributed by atoms with Gasteiger partial charge in [0.2, 0.25) is 0 Å². The van der Waals surface area contributed by atoms with Crippen LogP contribution in [0.15, 0.2) is 140 Å². The molecule has 0 amide bonds. The molecule has 430 valence electrons. The van der Waals surface area contributed by atoms with Gasteiger partial charge in [0, 0.05) is 35.3 Å². The van der Waals surface area contributed by atoms with Crippen LogP contribution >= 0.6 is 0 Å². The van der Waals surface area contributed by atoms with E-state index < -0.39 is 17.9 Å². The minimum Gasteiger partial charge on any atom is -1.00 e. The molecule has 0 saturated carbocycles. The minimum absolute atomic E-state index is 0. The first-order chi connectivity index (χ1) is 37.0. The summed E-state index contributed by atoms with van der Waals surface area (Å²) < 4.78 is 17.6. The van der Waals surface area contributed by atoms with E-state index in [9.17, 15) is 19.2 Å². The zero-order valence-corrected chi connectivity index (χ0v) is 49.5. The van der Waals surface area contributed by atoms with Crippen molar-refractivity contribution in [3.63, 3.8) is 0 Å². The van der Waals surface area contributed by atoms with Gasteiger partial charge < -0.3 is 53.1 Å². The molecule has 6 aromatic rings. The summed E-state index contributed by atoms with van der Waals surface area (Å²) in [6.45, 7) is 6.74. The average Bonchev–Trinajstić information content (AvgIpc) is 3.72. The van der Waals surface area contributed by atoms with Gasteiger partial charge in [-0.2, -0.15) is 0 Å². The summed E-state index contributed by atoms with van der Waals surface area (Å²) in [5.74, 6) is -0.586. The summed E-state index contributed by atoms with van der Waals surface area (Å²) in [7, 11) is 12.4. The van der Waals surface area contributed by atoms with Gasteiger partial charge in [0.15, 0.2) is 5.78 Å². The molecular weight excluding hydrogens is 1030 g/mol. The number of carbonyl (C=O) groups is 4. The summed E-state index contributed by atoms with van der Waals surface area (Å²) in [4.78, 5) is 52.0. The second kappa shape index (κ2) is 35.1. The van der Waals surface area contributed by atoms with Crippen LogP contribution in [-0.4, -0.2) is 116 Å². The van der Waals surface area contributed by atoms with E-state index in [-0.39, 0.29) is 78.3 Å². The number of carboxylic acids is 3. The first kappa shape index (κ1) is 70.3. The molecule has 0 unspecified atom stereocenters. The minimum atomic E-state index is -0.924. The molecule has 0 saturated heterocycles. The molecule has 13 nitrogen and oxygen atoms in total. The van der Waals surface area contributed by atoms with Gasteiger partial charge in [0.25, 0.3) is 0 Å². The quantitative estimate of drug-likeness (QED) is 0.0658. The summed E-state index contributed by atoms with van der Waals surface area (Å²) in [6.07, 6.45) is 8.85. The van der Waals surface area contributed by atoms with Crippen LogP contribution < -0.4 is 43.8 Å². The third-order valence-corrected chi connectivity index (χ3v) is 12.9. The van der Waals surface area contributed by atoms with Crippen LogP contribution in [0.5, 0.6) is 17.2 Å². The van der Waals surface area contributed by atoms with Crippen LogP contribution in [0.25, 0.3) is 11.1 Å². The van der Waals surface area contributed by atoms with Crippen LogP contribution in [0.3, 0.4) is 0 Å². The Balaban J connectivity index is 0.000000567. The third kappa shape index (κ3) is 21.2. The van der Waals surface area contributed by atoms with Crippen molar-refractivity contribution in [2.75, 3.05) is 61.9 Å². The zero-order valence-electron chi connectivity index (χ0n) is 48.5. The van der Waals surface area contributed by atoms with Gasteiger partial charge in [0.1, 0.15) is 37.1 Å². The number of hydrogen-bond acceptors (Lipinski definition) is 10. The largest absolute Gasteiger partial charge is 1.00 e. The van der Waals surface area contributed by atoms with Crippen molar-refractivity contribution in [1.82, 2.24) is 14.7 Å². The van der Waals surface area contributed by atoms with Crippen molar-refractivity contribution in [2.45, 2.75) is 86.5 Å². The predicted octanol–water partition coefficient (Wildman–Crippen LogP) is 9.80. The first-order valence-corrected chi connectivity index (χ1v) is 26.1. The van der Waals surface area contributed by atoms with Crippen LogP contribution in [0.2, 0.25) is 0 Å². The Morgan fingerprint density at radius 2 is 0.802 bits per heavy atom. The van der Waals surface area contributed by atoms with Gasteiger partial charge in [-0.15, -0.1) is 0 Å². The SMILES string of the molecule is C.C.CCCCN(C)C.CN(C)CC/C=C1/c2ccccc2COc2ccc(CC(=O)O)cc21.CN(C)CC/C=C1/c2ccccc2COc2ccc(CC(=O)O)cc21.O=C(O)Cc1ccc2c(c1)C(=O)c1ccccc1CO2.[CH3-].[H-].[Na+]. The van der Waals surface area contributed by atoms with Crippen LogP contribution in [0.4, 0.5) is 0 Å². The van der Waals surface area contributed by atoms with E-state index in [0.29, 0.717) is 42.3 Å². The summed E-state index contributed by atoms with van der Waals surface area (Å²) >= 11 is 0. The van der Waals surface area contributed by atoms with Crippen molar-refractivity contribution in [3.8, 4) is 17.2 Å². The summed E-state index contributed by atoms with van der Waals surface area (Å²) in [5, 5.41) is 27.0. The Morgan fingerprint density at radius 3 is 1.14 bits per heavy atom. The molecule has 6 aromatic carbocycles. The number of hydrogen-bond donors (Lipinski definition) is 3. The van der Waals surface area contributed by atoms with E-state index in [0.717, 1.165) is 98.6 Å². The molecule has 3 N–H and O–H groups in total. The molecule has 3 aliphatic rings. The van der Waals surface area contributed by atoms with E-state index in [1.807, 2.05) is 78.9 Å². The van der Waals surface area contributed by atoms with Crippen LogP contribution in [0.1, 0.15) is 120 Å². The summed E-state index contributed by atoms with van der Waals surface area (Å²) in [6, 6.07) is 40.1. The van der Waals surface area contributed by atoms with Gasteiger partial charge in [-0.25, -0.2) is 0 Å². The third-order valence-electron chi connectivity index (χ3n) is 12.9. The fourth-order valence-electron chi connectivity index (χ4n) is 9.00. The maximum absolute atomic E-state index is 12.5. The Kier molecular flexibility index (Phi) is 30.5. The smallest absolute Gasteiger partial charge is 1.00 e. The van der Waals surface area contributed by atoms with E-state index >= 15 is 0 Å². The molecule has 0 atom stereocenters. The molecule has 14 heteroatoms. The molecule has 0 spiro atoms. The Hall–Kier alpha value is -6.84. The average molecular weight is 1120 g/mol. The van der Waals surface area contributed by atoms with Gasteiger partial charge in [-0.05, 0) is 155 Å². The number of benzene rings is 6. The molecule has 3 aliphatic heterocycles. The maximum atomic E-state index is 12.5. The van der Waals surface area contributed by atoms with Crippen molar-refractivity contribution >= 4 is 34.8 Å². The second-order valence-electron chi connectivity index (χ2n) is 19.9. The van der Waals surface area contributed by atoms with Gasteiger partial charge >= 0.3 is 47.5 Å². The van der Waals surface area contributed by atoms with Gasteiger partial charge in [-0.1, -0.05) is 131 Å².